The van der Waals surface area contributed by atoms with Gasteiger partial charge in [-0.3, -0.25) is 9.78 Å². The Balaban J connectivity index is 2.28. The molecule has 2 aromatic rings. The fourth-order valence-electron chi connectivity index (χ4n) is 2.49. The van der Waals surface area contributed by atoms with Gasteiger partial charge in [-0.1, -0.05) is 19.9 Å². The minimum atomic E-state index is 0.155. The number of ether oxygens (including phenoxy) is 1. The van der Waals surface area contributed by atoms with Crippen molar-refractivity contribution in [3.05, 3.63) is 36.0 Å². The highest BCUT2D eigenvalue weighted by Crippen LogP contribution is 2.27. The van der Waals surface area contributed by atoms with Crippen LogP contribution < -0.4 is 4.74 Å². The molecule has 1 heterocycles. The molecule has 4 heteroatoms. The first kappa shape index (κ1) is 15.4. The number of hydrogen-bond donors (Lipinski definition) is 0. The topological polar surface area (TPSA) is 42.4 Å². The number of Topliss-reactive ketones (excluding diaryl/α,β-unsaturated/α-hetero) is 1. The normalized spacial score (nSPS) is 11.0. The van der Waals surface area contributed by atoms with E-state index in [1.807, 2.05) is 24.3 Å². The highest BCUT2D eigenvalue weighted by atomic mass is 16.5. The van der Waals surface area contributed by atoms with Crippen LogP contribution in [0.15, 0.2) is 30.5 Å². The van der Waals surface area contributed by atoms with Crippen molar-refractivity contribution in [3.63, 3.8) is 0 Å². The van der Waals surface area contributed by atoms with E-state index in [-0.39, 0.29) is 5.78 Å². The van der Waals surface area contributed by atoms with E-state index in [4.69, 9.17) is 4.74 Å². The summed E-state index contributed by atoms with van der Waals surface area (Å²) in [6, 6.07) is 7.44. The van der Waals surface area contributed by atoms with Gasteiger partial charge in [0.1, 0.15) is 11.3 Å². The Kier molecular flexibility index (Phi) is 5.28. The van der Waals surface area contributed by atoms with Gasteiger partial charge in [-0.05, 0) is 31.3 Å². The number of carbonyl (C=O) groups excluding carboxylic acids is 1. The van der Waals surface area contributed by atoms with Gasteiger partial charge in [0.25, 0.3) is 0 Å². The smallest absolute Gasteiger partial charge is 0.164 e. The number of pyridine rings is 1. The fourth-order valence-corrected chi connectivity index (χ4v) is 2.49. The lowest BCUT2D eigenvalue weighted by molar-refractivity contribution is 0.0968. The molecule has 1 aromatic heterocycles. The minimum Gasteiger partial charge on any atom is -0.494 e. The van der Waals surface area contributed by atoms with Crippen molar-refractivity contribution < 1.29 is 9.53 Å². The SMILES string of the molecule is CCN(CC)CCC(=O)c1ccc(OC)c2ncccc12. The zero-order chi connectivity index (χ0) is 15.2. The molecule has 2 rings (SSSR count). The maximum atomic E-state index is 12.5. The van der Waals surface area contributed by atoms with Gasteiger partial charge in [0.15, 0.2) is 5.78 Å². The Morgan fingerprint density at radius 3 is 2.67 bits per heavy atom. The average molecular weight is 286 g/mol. The third-order valence-electron chi connectivity index (χ3n) is 3.80. The molecule has 0 spiro atoms. The molecular formula is C17H22N2O2. The van der Waals surface area contributed by atoms with Gasteiger partial charge >= 0.3 is 0 Å². The highest BCUT2D eigenvalue weighted by molar-refractivity contribution is 6.08. The maximum absolute atomic E-state index is 12.5. The number of hydrogen-bond acceptors (Lipinski definition) is 4. The van der Waals surface area contributed by atoms with Gasteiger partial charge in [0.05, 0.1) is 7.11 Å². The number of benzene rings is 1. The number of rotatable bonds is 7. The molecule has 0 aliphatic carbocycles. The molecule has 0 aliphatic rings. The van der Waals surface area contributed by atoms with Crippen LogP contribution in [0.2, 0.25) is 0 Å². The fraction of sp³-hybridized carbons (Fsp3) is 0.412. The van der Waals surface area contributed by atoms with Crippen molar-refractivity contribution in [2.24, 2.45) is 0 Å². The molecule has 0 saturated heterocycles. The third-order valence-corrected chi connectivity index (χ3v) is 3.80. The molecule has 0 unspecified atom stereocenters. The van der Waals surface area contributed by atoms with Gasteiger partial charge in [-0.15, -0.1) is 0 Å². The third kappa shape index (κ3) is 3.39. The summed E-state index contributed by atoms with van der Waals surface area (Å²) >= 11 is 0. The van der Waals surface area contributed by atoms with Crippen LogP contribution in [0, 0.1) is 0 Å². The van der Waals surface area contributed by atoms with E-state index in [0.29, 0.717) is 12.2 Å². The average Bonchev–Trinajstić information content (AvgIpc) is 2.54. The predicted molar refractivity (Wildman–Crippen MR) is 85.0 cm³/mol. The summed E-state index contributed by atoms with van der Waals surface area (Å²) in [7, 11) is 1.62. The van der Waals surface area contributed by atoms with E-state index in [2.05, 4.69) is 23.7 Å². The van der Waals surface area contributed by atoms with E-state index < -0.39 is 0 Å². The second-order valence-electron chi connectivity index (χ2n) is 4.92. The van der Waals surface area contributed by atoms with Crippen LogP contribution in [0.1, 0.15) is 30.6 Å². The number of fused-ring (bicyclic) bond motifs is 1. The van der Waals surface area contributed by atoms with Crippen LogP contribution in [0.3, 0.4) is 0 Å². The molecular weight excluding hydrogens is 264 g/mol. The monoisotopic (exact) mass is 286 g/mol. The molecule has 0 bridgehead atoms. The number of nitrogens with zero attached hydrogens (tertiary/aromatic N) is 2. The first-order valence-electron chi connectivity index (χ1n) is 7.38. The van der Waals surface area contributed by atoms with E-state index >= 15 is 0 Å². The molecule has 0 aliphatic heterocycles. The number of carbonyl (C=O) groups is 1. The summed E-state index contributed by atoms with van der Waals surface area (Å²) in [4.78, 5) is 19.1. The van der Waals surface area contributed by atoms with E-state index in [1.165, 1.54) is 0 Å². The summed E-state index contributed by atoms with van der Waals surface area (Å²) < 4.78 is 5.31. The number of methoxy groups -OCH3 is 1. The highest BCUT2D eigenvalue weighted by Gasteiger charge is 2.14. The molecule has 0 fully saturated rings. The van der Waals surface area contributed by atoms with Crippen LogP contribution in [0.4, 0.5) is 0 Å². The largest absolute Gasteiger partial charge is 0.494 e. The molecule has 0 atom stereocenters. The van der Waals surface area contributed by atoms with Crippen molar-refractivity contribution in [1.29, 1.82) is 0 Å². The van der Waals surface area contributed by atoms with Crippen molar-refractivity contribution in [2.75, 3.05) is 26.7 Å². The molecule has 21 heavy (non-hydrogen) atoms. The Bertz CT molecular complexity index is 621. The second-order valence-corrected chi connectivity index (χ2v) is 4.92. The second kappa shape index (κ2) is 7.18. The lowest BCUT2D eigenvalue weighted by atomic mass is 10.0. The quantitative estimate of drug-likeness (QED) is 0.733. The van der Waals surface area contributed by atoms with Crippen LogP contribution in [-0.2, 0) is 0 Å². The standard InChI is InChI=1S/C17H22N2O2/c1-4-19(5-2)12-10-15(20)13-8-9-16(21-3)17-14(13)7-6-11-18-17/h6-9,11H,4-5,10,12H2,1-3H3. The summed E-state index contributed by atoms with van der Waals surface area (Å²) in [5.74, 6) is 0.855. The van der Waals surface area contributed by atoms with E-state index in [0.717, 1.165) is 36.1 Å². The zero-order valence-electron chi connectivity index (χ0n) is 12.9. The Morgan fingerprint density at radius 2 is 2.00 bits per heavy atom. The van der Waals surface area contributed by atoms with Gasteiger partial charge in [-0.2, -0.15) is 0 Å². The first-order chi connectivity index (χ1) is 10.2. The van der Waals surface area contributed by atoms with Gasteiger partial charge in [-0.25, -0.2) is 0 Å². The van der Waals surface area contributed by atoms with Gasteiger partial charge in [0.2, 0.25) is 0 Å². The van der Waals surface area contributed by atoms with Gasteiger partial charge < -0.3 is 9.64 Å². The van der Waals surface area contributed by atoms with Crippen molar-refractivity contribution >= 4 is 16.7 Å². The maximum Gasteiger partial charge on any atom is 0.164 e. The van der Waals surface area contributed by atoms with Crippen LogP contribution in [-0.4, -0.2) is 42.4 Å². The number of ketones is 1. The van der Waals surface area contributed by atoms with Crippen molar-refractivity contribution in [1.82, 2.24) is 9.88 Å². The molecule has 112 valence electrons. The van der Waals surface area contributed by atoms with Crippen molar-refractivity contribution in [3.8, 4) is 5.75 Å². The van der Waals surface area contributed by atoms with E-state index in [1.54, 1.807) is 13.3 Å². The molecule has 0 N–H and O–H groups in total. The van der Waals surface area contributed by atoms with Crippen LogP contribution in [0.25, 0.3) is 10.9 Å². The summed E-state index contributed by atoms with van der Waals surface area (Å²) in [5, 5.41) is 0.862. The zero-order valence-corrected chi connectivity index (χ0v) is 12.9. The summed E-state index contributed by atoms with van der Waals surface area (Å²) in [6.45, 7) is 6.95. The Hall–Kier alpha value is -1.94. The van der Waals surface area contributed by atoms with Crippen LogP contribution >= 0.6 is 0 Å². The summed E-state index contributed by atoms with van der Waals surface area (Å²) in [5.41, 5.74) is 1.47. The Labute approximate surface area is 125 Å². The molecule has 1 aromatic carbocycles. The molecule has 0 amide bonds. The molecule has 4 nitrogen and oxygen atoms in total. The first-order valence-corrected chi connectivity index (χ1v) is 7.38. The van der Waals surface area contributed by atoms with Crippen molar-refractivity contribution in [2.45, 2.75) is 20.3 Å². The van der Waals surface area contributed by atoms with E-state index in [9.17, 15) is 4.79 Å². The van der Waals surface area contributed by atoms with Crippen LogP contribution in [0.5, 0.6) is 5.75 Å². The number of aromatic nitrogens is 1. The lowest BCUT2D eigenvalue weighted by Crippen LogP contribution is -2.25. The summed E-state index contributed by atoms with van der Waals surface area (Å²) in [6.07, 6.45) is 2.24. The van der Waals surface area contributed by atoms with Gasteiger partial charge in [0, 0.05) is 30.1 Å². The minimum absolute atomic E-state index is 0.155. The molecule has 0 radical (unpaired) electrons. The Morgan fingerprint density at radius 1 is 1.24 bits per heavy atom. The lowest BCUT2D eigenvalue weighted by Gasteiger charge is -2.17. The predicted octanol–water partition coefficient (Wildman–Crippen LogP) is 3.16. The molecule has 0 saturated carbocycles.